The summed E-state index contributed by atoms with van der Waals surface area (Å²) in [5.41, 5.74) is 0.643. The molecular formula is C26H25ClN2O6S. The molecule has 1 aliphatic carbocycles. The van der Waals surface area contributed by atoms with Crippen LogP contribution in [0.15, 0.2) is 76.7 Å². The topological polar surface area (TPSA) is 113 Å². The number of ether oxygens (including phenoxy) is 1. The number of fused-ring (bicyclic) bond motifs is 1. The van der Waals surface area contributed by atoms with Crippen molar-refractivity contribution in [3.05, 3.63) is 93.6 Å². The lowest BCUT2D eigenvalue weighted by Gasteiger charge is -2.19. The summed E-state index contributed by atoms with van der Waals surface area (Å²) in [6, 6.07) is 9.16. The fraction of sp³-hybridized carbons (Fsp3) is 0.231. The number of hydrogen-bond donors (Lipinski definition) is 2. The first kappa shape index (κ1) is 25.5. The number of nitrogens with one attached hydrogen (secondary N) is 1. The van der Waals surface area contributed by atoms with Crippen LogP contribution in [-0.4, -0.2) is 37.3 Å². The van der Waals surface area contributed by atoms with Crippen LogP contribution >= 0.6 is 11.6 Å². The highest BCUT2D eigenvalue weighted by Gasteiger charge is 2.42. The number of amides is 2. The molecule has 0 fully saturated rings. The Morgan fingerprint density at radius 1 is 1.00 bits per heavy atom. The Bertz CT molecular complexity index is 1460. The summed E-state index contributed by atoms with van der Waals surface area (Å²) in [6.07, 6.45) is 4.36. The number of methoxy groups -OCH3 is 1. The molecule has 2 N–H and O–H groups in total. The summed E-state index contributed by atoms with van der Waals surface area (Å²) in [5, 5.41) is 9.96. The number of anilines is 1. The zero-order chi connectivity index (χ0) is 26.4. The lowest BCUT2D eigenvalue weighted by atomic mass is 9.87. The molecule has 0 unspecified atom stereocenters. The SMILES string of the molecule is COC1=CC(N2C(=O)c3c(Cl)ccc(NS(=O)(=O)c4ccc(C(C)(C)C)cc4)c3C2=O)=CCC(O)=C1. The van der Waals surface area contributed by atoms with E-state index in [1.807, 2.05) is 20.8 Å². The van der Waals surface area contributed by atoms with Gasteiger partial charge in [-0.05, 0) is 35.2 Å². The van der Waals surface area contributed by atoms with Gasteiger partial charge in [0.25, 0.3) is 21.8 Å². The van der Waals surface area contributed by atoms with Crippen LogP contribution in [0.3, 0.4) is 0 Å². The number of aliphatic hydroxyl groups excluding tert-OH is 1. The predicted octanol–water partition coefficient (Wildman–Crippen LogP) is 5.29. The van der Waals surface area contributed by atoms with E-state index in [1.54, 1.807) is 12.1 Å². The van der Waals surface area contributed by atoms with Gasteiger partial charge in [-0.1, -0.05) is 50.6 Å². The lowest BCUT2D eigenvalue weighted by Crippen LogP contribution is -2.28. The summed E-state index contributed by atoms with van der Waals surface area (Å²) in [6.45, 7) is 6.06. The molecule has 0 atom stereocenters. The minimum absolute atomic E-state index is 0.00789. The molecule has 0 bridgehead atoms. The van der Waals surface area contributed by atoms with Crippen molar-refractivity contribution >= 4 is 39.1 Å². The molecule has 8 nitrogen and oxygen atoms in total. The molecule has 0 saturated carbocycles. The first-order chi connectivity index (χ1) is 16.8. The van der Waals surface area contributed by atoms with Crippen molar-refractivity contribution < 1.29 is 27.9 Å². The van der Waals surface area contributed by atoms with Gasteiger partial charge in [0.15, 0.2) is 0 Å². The number of nitrogens with zero attached hydrogens (tertiary/aromatic N) is 1. The standard InChI is InChI=1S/C26H25ClN2O6S/c1-26(2,3)15-5-9-19(10-6-15)36(33,34)28-21-12-11-20(27)22-23(21)25(32)29(24(22)31)16-7-8-17(30)14-18(13-16)35-4/h5-7,9-14,28,30H,8H2,1-4H3. The van der Waals surface area contributed by atoms with E-state index in [0.717, 1.165) is 10.5 Å². The molecular weight excluding hydrogens is 504 g/mol. The highest BCUT2D eigenvalue weighted by atomic mass is 35.5. The molecule has 1 heterocycles. The number of rotatable bonds is 5. The van der Waals surface area contributed by atoms with Gasteiger partial charge < -0.3 is 9.84 Å². The quantitative estimate of drug-likeness (QED) is 0.509. The van der Waals surface area contributed by atoms with E-state index in [0.29, 0.717) is 0 Å². The van der Waals surface area contributed by atoms with E-state index in [1.165, 1.54) is 49.6 Å². The van der Waals surface area contributed by atoms with Crippen molar-refractivity contribution in [2.24, 2.45) is 0 Å². The largest absolute Gasteiger partial charge is 0.512 e. The van der Waals surface area contributed by atoms with E-state index in [-0.39, 0.29) is 55.8 Å². The molecule has 10 heteroatoms. The maximum atomic E-state index is 13.5. The molecule has 188 valence electrons. The second-order valence-corrected chi connectivity index (χ2v) is 11.5. The summed E-state index contributed by atoms with van der Waals surface area (Å²) in [4.78, 5) is 27.6. The summed E-state index contributed by atoms with van der Waals surface area (Å²) in [5.74, 6) is -1.25. The van der Waals surface area contributed by atoms with E-state index >= 15 is 0 Å². The third-order valence-electron chi connectivity index (χ3n) is 5.88. The number of carbonyl (C=O) groups excluding carboxylic acids is 2. The third kappa shape index (κ3) is 4.64. The molecule has 1 aliphatic heterocycles. The van der Waals surface area contributed by atoms with Crippen LogP contribution in [0.25, 0.3) is 0 Å². The zero-order valence-electron chi connectivity index (χ0n) is 20.1. The van der Waals surface area contributed by atoms with Gasteiger partial charge in [0.05, 0.1) is 45.3 Å². The Hall–Kier alpha value is -3.56. The van der Waals surface area contributed by atoms with Crippen LogP contribution in [0.5, 0.6) is 0 Å². The van der Waals surface area contributed by atoms with Crippen molar-refractivity contribution in [1.29, 1.82) is 0 Å². The molecule has 0 aromatic heterocycles. The first-order valence-corrected chi connectivity index (χ1v) is 12.9. The smallest absolute Gasteiger partial charge is 0.268 e. The predicted molar refractivity (Wildman–Crippen MR) is 136 cm³/mol. The Labute approximate surface area is 214 Å². The monoisotopic (exact) mass is 528 g/mol. The number of halogens is 1. The molecule has 36 heavy (non-hydrogen) atoms. The molecule has 4 rings (SSSR count). The zero-order valence-corrected chi connectivity index (χ0v) is 21.7. The number of carbonyl (C=O) groups is 2. The summed E-state index contributed by atoms with van der Waals surface area (Å²) in [7, 11) is -2.69. The molecule has 0 saturated heterocycles. The van der Waals surface area contributed by atoms with Crippen LogP contribution < -0.4 is 4.72 Å². The van der Waals surface area contributed by atoms with Crippen molar-refractivity contribution in [1.82, 2.24) is 4.90 Å². The van der Waals surface area contributed by atoms with Crippen LogP contribution in [0.1, 0.15) is 53.5 Å². The number of allylic oxidation sites excluding steroid dienone is 3. The van der Waals surface area contributed by atoms with Gasteiger partial charge in [-0.3, -0.25) is 14.3 Å². The van der Waals surface area contributed by atoms with E-state index in [4.69, 9.17) is 16.3 Å². The normalized spacial score (nSPS) is 16.1. The van der Waals surface area contributed by atoms with Crippen LogP contribution in [0.2, 0.25) is 5.02 Å². The number of hydrogen-bond acceptors (Lipinski definition) is 6. The number of benzene rings is 2. The van der Waals surface area contributed by atoms with Gasteiger partial charge in [-0.2, -0.15) is 0 Å². The average Bonchev–Trinajstić information content (AvgIpc) is 2.95. The second kappa shape index (κ2) is 9.15. The van der Waals surface area contributed by atoms with Gasteiger partial charge in [-0.25, -0.2) is 13.3 Å². The van der Waals surface area contributed by atoms with Gasteiger partial charge in [0, 0.05) is 18.6 Å². The molecule has 0 spiro atoms. The first-order valence-electron chi connectivity index (χ1n) is 11.0. The fourth-order valence-corrected chi connectivity index (χ4v) is 5.24. The van der Waals surface area contributed by atoms with Gasteiger partial charge in [-0.15, -0.1) is 0 Å². The van der Waals surface area contributed by atoms with Crippen molar-refractivity contribution in [2.75, 3.05) is 11.8 Å². The highest BCUT2D eigenvalue weighted by molar-refractivity contribution is 7.92. The van der Waals surface area contributed by atoms with Crippen molar-refractivity contribution in [3.8, 4) is 0 Å². The Balaban J connectivity index is 1.73. The van der Waals surface area contributed by atoms with Gasteiger partial charge in [0.2, 0.25) is 0 Å². The number of imide groups is 1. The number of sulfonamides is 1. The van der Waals surface area contributed by atoms with Crippen molar-refractivity contribution in [2.45, 2.75) is 37.5 Å². The minimum Gasteiger partial charge on any atom is -0.512 e. The Kier molecular flexibility index (Phi) is 6.49. The van der Waals surface area contributed by atoms with Crippen LogP contribution in [-0.2, 0) is 20.2 Å². The van der Waals surface area contributed by atoms with Gasteiger partial charge in [0.1, 0.15) is 5.76 Å². The average molecular weight is 529 g/mol. The number of aliphatic hydroxyl groups is 1. The molecule has 2 amide bonds. The van der Waals surface area contributed by atoms with Crippen molar-refractivity contribution in [3.63, 3.8) is 0 Å². The second-order valence-electron chi connectivity index (χ2n) is 9.39. The third-order valence-corrected chi connectivity index (χ3v) is 7.57. The van der Waals surface area contributed by atoms with E-state index in [9.17, 15) is 23.1 Å². The fourth-order valence-electron chi connectivity index (χ4n) is 3.93. The lowest BCUT2D eigenvalue weighted by molar-refractivity contribution is 0.0709. The molecule has 0 radical (unpaired) electrons. The summed E-state index contributed by atoms with van der Waals surface area (Å²) < 4.78 is 33.9. The summed E-state index contributed by atoms with van der Waals surface area (Å²) >= 11 is 6.28. The maximum Gasteiger partial charge on any atom is 0.268 e. The van der Waals surface area contributed by atoms with Crippen LogP contribution in [0, 0.1) is 0 Å². The Morgan fingerprint density at radius 2 is 1.64 bits per heavy atom. The van der Waals surface area contributed by atoms with E-state index < -0.39 is 21.8 Å². The molecule has 2 aliphatic rings. The highest BCUT2D eigenvalue weighted by Crippen LogP contribution is 2.38. The van der Waals surface area contributed by atoms with E-state index in [2.05, 4.69) is 4.72 Å². The minimum atomic E-state index is -4.08. The van der Waals surface area contributed by atoms with Gasteiger partial charge >= 0.3 is 0 Å². The Morgan fingerprint density at radius 3 is 2.25 bits per heavy atom. The molecule has 2 aromatic carbocycles. The maximum absolute atomic E-state index is 13.5. The molecule has 2 aromatic rings. The van der Waals surface area contributed by atoms with Crippen LogP contribution in [0.4, 0.5) is 5.69 Å².